The summed E-state index contributed by atoms with van der Waals surface area (Å²) in [7, 11) is -2.01. The summed E-state index contributed by atoms with van der Waals surface area (Å²) in [6, 6.07) is 4.75. The van der Waals surface area contributed by atoms with Crippen LogP contribution in [0.1, 0.15) is 18.9 Å². The maximum absolute atomic E-state index is 12.7. The summed E-state index contributed by atoms with van der Waals surface area (Å²) in [6.45, 7) is 4.20. The Morgan fingerprint density at radius 1 is 1.33 bits per heavy atom. The molecule has 24 heavy (non-hydrogen) atoms. The zero-order chi connectivity index (χ0) is 16.9. The third-order valence-corrected chi connectivity index (χ3v) is 5.66. The number of hydrogen-bond donors (Lipinski definition) is 2. The number of hydrogen-bond acceptors (Lipinski definition) is 5. The molecule has 1 saturated heterocycles. The van der Waals surface area contributed by atoms with Crippen molar-refractivity contribution in [3.05, 3.63) is 23.8 Å². The molecule has 1 heterocycles. The third kappa shape index (κ3) is 4.83. The van der Waals surface area contributed by atoms with Crippen LogP contribution in [-0.2, 0) is 21.4 Å². The van der Waals surface area contributed by atoms with Crippen LogP contribution >= 0.6 is 12.4 Å². The molecular weight excluding hydrogens is 354 g/mol. The number of sulfonamides is 1. The smallest absolute Gasteiger partial charge is 0.243 e. The summed E-state index contributed by atoms with van der Waals surface area (Å²) in [5.41, 5.74) is 0.644. The fourth-order valence-corrected chi connectivity index (χ4v) is 3.90. The van der Waals surface area contributed by atoms with Gasteiger partial charge in [0, 0.05) is 44.7 Å². The van der Waals surface area contributed by atoms with Gasteiger partial charge in [-0.1, -0.05) is 6.92 Å². The summed E-state index contributed by atoms with van der Waals surface area (Å²) in [5, 5.41) is 5.88. The molecule has 9 heteroatoms. The number of piperazine rings is 1. The van der Waals surface area contributed by atoms with Gasteiger partial charge in [-0.2, -0.15) is 4.31 Å². The molecule has 1 fully saturated rings. The zero-order valence-corrected chi connectivity index (χ0v) is 15.5. The lowest BCUT2D eigenvalue weighted by Gasteiger charge is -2.27. The monoisotopic (exact) mass is 377 g/mol. The van der Waals surface area contributed by atoms with Gasteiger partial charge >= 0.3 is 0 Å². The van der Waals surface area contributed by atoms with Gasteiger partial charge in [-0.15, -0.1) is 12.4 Å². The summed E-state index contributed by atoms with van der Waals surface area (Å²) in [6.07, 6.45) is 0.376. The van der Waals surface area contributed by atoms with Gasteiger partial charge in [0.2, 0.25) is 15.9 Å². The summed E-state index contributed by atoms with van der Waals surface area (Å²) in [4.78, 5) is 11.7. The highest BCUT2D eigenvalue weighted by atomic mass is 35.5. The van der Waals surface area contributed by atoms with Gasteiger partial charge in [0.25, 0.3) is 0 Å². The number of carbonyl (C=O) groups excluding carboxylic acids is 1. The first kappa shape index (κ1) is 20.7. The van der Waals surface area contributed by atoms with E-state index >= 15 is 0 Å². The molecule has 2 rings (SSSR count). The van der Waals surface area contributed by atoms with Crippen molar-refractivity contribution in [3.63, 3.8) is 0 Å². The highest BCUT2D eigenvalue weighted by Gasteiger charge is 2.26. The lowest BCUT2D eigenvalue weighted by molar-refractivity contribution is -0.120. The van der Waals surface area contributed by atoms with Crippen molar-refractivity contribution < 1.29 is 17.9 Å². The predicted octanol–water partition coefficient (Wildman–Crippen LogP) is 0.737. The van der Waals surface area contributed by atoms with Crippen LogP contribution in [0, 0.1) is 0 Å². The highest BCUT2D eigenvalue weighted by molar-refractivity contribution is 7.89. The third-order valence-electron chi connectivity index (χ3n) is 3.76. The molecule has 0 saturated carbocycles. The second-order valence-corrected chi connectivity index (χ2v) is 7.20. The zero-order valence-electron chi connectivity index (χ0n) is 13.9. The van der Waals surface area contributed by atoms with Gasteiger partial charge < -0.3 is 15.4 Å². The molecule has 0 atom stereocenters. The second kappa shape index (κ2) is 9.22. The molecule has 0 aliphatic carbocycles. The molecule has 2 N–H and O–H groups in total. The maximum atomic E-state index is 12.7. The molecule has 0 radical (unpaired) electrons. The minimum atomic E-state index is -3.53. The van der Waals surface area contributed by atoms with Crippen LogP contribution in [0.25, 0.3) is 0 Å². The number of benzene rings is 1. The number of halogens is 1. The van der Waals surface area contributed by atoms with Crippen molar-refractivity contribution in [1.82, 2.24) is 14.9 Å². The van der Waals surface area contributed by atoms with E-state index in [9.17, 15) is 13.2 Å². The number of ether oxygens (including phenoxy) is 1. The molecule has 1 aliphatic rings. The van der Waals surface area contributed by atoms with Gasteiger partial charge in [0.1, 0.15) is 5.75 Å². The number of rotatable bonds is 6. The SMILES string of the molecule is CCC(=O)NCc1cc(S(=O)(=O)N2CCNCC2)ccc1OC.Cl. The van der Waals surface area contributed by atoms with E-state index < -0.39 is 10.0 Å². The quantitative estimate of drug-likeness (QED) is 0.763. The van der Waals surface area contributed by atoms with E-state index in [0.29, 0.717) is 43.9 Å². The van der Waals surface area contributed by atoms with Gasteiger partial charge in [0.05, 0.1) is 12.0 Å². The maximum Gasteiger partial charge on any atom is 0.243 e. The number of nitrogens with one attached hydrogen (secondary N) is 2. The predicted molar refractivity (Wildman–Crippen MR) is 94.0 cm³/mol. The van der Waals surface area contributed by atoms with Crippen LogP contribution in [0.15, 0.2) is 23.1 Å². The Labute approximate surface area is 149 Å². The molecule has 1 aromatic carbocycles. The highest BCUT2D eigenvalue weighted by Crippen LogP contribution is 2.24. The van der Waals surface area contributed by atoms with Gasteiger partial charge in [-0.05, 0) is 18.2 Å². The van der Waals surface area contributed by atoms with Crippen LogP contribution in [0.4, 0.5) is 0 Å². The topological polar surface area (TPSA) is 87.7 Å². The summed E-state index contributed by atoms with van der Waals surface area (Å²) >= 11 is 0. The molecular formula is C15H24ClN3O4S. The Hall–Kier alpha value is -1.35. The largest absolute Gasteiger partial charge is 0.496 e. The van der Waals surface area contributed by atoms with E-state index in [2.05, 4.69) is 10.6 Å². The average Bonchev–Trinajstić information content (AvgIpc) is 2.60. The second-order valence-electron chi connectivity index (χ2n) is 5.26. The molecule has 0 unspecified atom stereocenters. The molecule has 1 aliphatic heterocycles. The van der Waals surface area contributed by atoms with Crippen LogP contribution in [0.2, 0.25) is 0 Å². The van der Waals surface area contributed by atoms with E-state index in [1.807, 2.05) is 0 Å². The standard InChI is InChI=1S/C15H23N3O4S.ClH/c1-3-15(19)17-11-12-10-13(4-5-14(12)22-2)23(20,21)18-8-6-16-7-9-18;/h4-5,10,16H,3,6-9,11H2,1-2H3,(H,17,19);1H. The van der Waals surface area contributed by atoms with Crippen LogP contribution in [0.3, 0.4) is 0 Å². The number of amides is 1. The van der Waals surface area contributed by atoms with E-state index in [0.717, 1.165) is 0 Å². The number of nitrogens with zero attached hydrogens (tertiary/aromatic N) is 1. The molecule has 0 bridgehead atoms. The fraction of sp³-hybridized carbons (Fsp3) is 0.533. The first-order chi connectivity index (χ1) is 11.0. The van der Waals surface area contributed by atoms with E-state index in [-0.39, 0.29) is 29.8 Å². The van der Waals surface area contributed by atoms with E-state index in [1.54, 1.807) is 25.1 Å². The lowest BCUT2D eigenvalue weighted by Crippen LogP contribution is -2.46. The van der Waals surface area contributed by atoms with Crippen LogP contribution < -0.4 is 15.4 Å². The van der Waals surface area contributed by atoms with Crippen LogP contribution in [-0.4, -0.2) is 51.9 Å². The molecule has 0 aromatic heterocycles. The number of methoxy groups -OCH3 is 1. The van der Waals surface area contributed by atoms with Gasteiger partial charge in [-0.3, -0.25) is 4.79 Å². The Balaban J connectivity index is 0.00000288. The summed E-state index contributed by atoms with van der Waals surface area (Å²) < 4.78 is 32.1. The van der Waals surface area contributed by atoms with Crippen molar-refractivity contribution in [2.75, 3.05) is 33.3 Å². The number of carbonyl (C=O) groups is 1. The van der Waals surface area contributed by atoms with Crippen molar-refractivity contribution >= 4 is 28.3 Å². The minimum Gasteiger partial charge on any atom is -0.496 e. The van der Waals surface area contributed by atoms with Crippen molar-refractivity contribution in [3.8, 4) is 5.75 Å². The first-order valence-corrected chi connectivity index (χ1v) is 9.07. The van der Waals surface area contributed by atoms with Crippen LogP contribution in [0.5, 0.6) is 5.75 Å². The first-order valence-electron chi connectivity index (χ1n) is 7.63. The molecule has 7 nitrogen and oxygen atoms in total. The van der Waals surface area contributed by atoms with Gasteiger partial charge in [-0.25, -0.2) is 8.42 Å². The lowest BCUT2D eigenvalue weighted by atomic mass is 10.2. The van der Waals surface area contributed by atoms with E-state index in [4.69, 9.17) is 4.74 Å². The Morgan fingerprint density at radius 2 is 2.00 bits per heavy atom. The minimum absolute atomic E-state index is 0. The average molecular weight is 378 g/mol. The summed E-state index contributed by atoms with van der Waals surface area (Å²) in [5.74, 6) is 0.461. The molecule has 136 valence electrons. The van der Waals surface area contributed by atoms with Crippen molar-refractivity contribution in [2.45, 2.75) is 24.8 Å². The van der Waals surface area contributed by atoms with Crippen molar-refractivity contribution in [1.29, 1.82) is 0 Å². The Kier molecular flexibility index (Phi) is 7.95. The Bertz CT molecular complexity index is 661. The van der Waals surface area contributed by atoms with E-state index in [1.165, 1.54) is 11.4 Å². The normalized spacial score (nSPS) is 15.4. The molecule has 1 aromatic rings. The van der Waals surface area contributed by atoms with Gasteiger partial charge in [0.15, 0.2) is 0 Å². The molecule has 1 amide bonds. The molecule has 0 spiro atoms. The fourth-order valence-electron chi connectivity index (χ4n) is 2.41. The Morgan fingerprint density at radius 3 is 2.58 bits per heavy atom. The van der Waals surface area contributed by atoms with Crippen molar-refractivity contribution in [2.24, 2.45) is 0 Å².